The molecule has 0 saturated heterocycles. The Kier molecular flexibility index (Phi) is 42.4. The molecule has 0 saturated carbocycles. The van der Waals surface area contributed by atoms with E-state index in [2.05, 4.69) is 31.3 Å². The van der Waals surface area contributed by atoms with Crippen molar-refractivity contribution in [1.82, 2.24) is 5.32 Å². The normalized spacial score (nSPS) is 14.1. The van der Waals surface area contributed by atoms with E-state index < -0.39 is 36.9 Å². The Morgan fingerprint density at radius 3 is 1.11 bits per heavy atom. The van der Waals surface area contributed by atoms with Crippen molar-refractivity contribution in [2.24, 2.45) is 0 Å². The van der Waals surface area contributed by atoms with Gasteiger partial charge in [0.05, 0.1) is 18.8 Å². The lowest BCUT2D eigenvalue weighted by atomic mass is 10.00. The molecule has 0 aromatic carbocycles. The maximum absolute atomic E-state index is 12.5. The molecule has 0 aliphatic rings. The number of aliphatic hydroxyl groups excluding tert-OH is 4. The van der Waals surface area contributed by atoms with Crippen LogP contribution in [0.3, 0.4) is 0 Å². The van der Waals surface area contributed by atoms with Crippen LogP contribution in [0.25, 0.3) is 0 Å². The lowest BCUT2D eigenvalue weighted by Gasteiger charge is -2.27. The molecule has 0 bridgehead atoms. The first-order valence-corrected chi connectivity index (χ1v) is 24.1. The number of rotatable bonds is 44. The average molecular weight is 766 g/mol. The fourth-order valence-electron chi connectivity index (χ4n) is 7.64. The summed E-state index contributed by atoms with van der Waals surface area (Å²) in [6.45, 7) is 4.05. The van der Waals surface area contributed by atoms with Gasteiger partial charge in [0.25, 0.3) is 0 Å². The summed E-state index contributed by atoms with van der Waals surface area (Å²) in [5, 5.41) is 43.7. The highest BCUT2D eigenvalue weighted by Crippen LogP contribution is 2.17. The van der Waals surface area contributed by atoms with E-state index in [1.54, 1.807) is 0 Å². The Morgan fingerprint density at radius 1 is 0.444 bits per heavy atom. The van der Waals surface area contributed by atoms with E-state index in [0.29, 0.717) is 12.8 Å². The van der Waals surface area contributed by atoms with Gasteiger partial charge in [-0.1, -0.05) is 231 Å². The number of carbonyl (C=O) groups excluding carboxylic acids is 1. The predicted molar refractivity (Wildman–Crippen MR) is 233 cm³/mol. The summed E-state index contributed by atoms with van der Waals surface area (Å²) in [7, 11) is 0. The summed E-state index contributed by atoms with van der Waals surface area (Å²) in [5.74, 6) is -0.589. The first-order chi connectivity index (χ1) is 26.5. The van der Waals surface area contributed by atoms with E-state index in [1.807, 2.05) is 0 Å². The van der Waals surface area contributed by atoms with Crippen LogP contribution in [0.1, 0.15) is 258 Å². The van der Waals surface area contributed by atoms with E-state index in [0.717, 1.165) is 38.5 Å². The van der Waals surface area contributed by atoms with E-state index in [4.69, 9.17) is 0 Å². The number of amides is 1. The van der Waals surface area contributed by atoms with Crippen LogP contribution in [0.15, 0.2) is 12.2 Å². The molecule has 6 heteroatoms. The zero-order chi connectivity index (χ0) is 39.6. The predicted octanol–water partition coefficient (Wildman–Crippen LogP) is 13.0. The van der Waals surface area contributed by atoms with Crippen LogP contribution in [0.2, 0.25) is 0 Å². The smallest absolute Gasteiger partial charge is 0.249 e. The molecule has 0 aromatic rings. The van der Waals surface area contributed by atoms with Gasteiger partial charge in [0.15, 0.2) is 0 Å². The standard InChI is InChI=1S/C48H95NO5/c1-3-5-7-9-11-13-15-17-18-19-20-21-22-23-24-25-26-27-28-30-32-34-36-38-40-42-46(52)48(54)49-44(43-50)47(53)45(51)41-39-37-35-33-31-29-16-14-12-10-8-6-4-2/h33,35,44-47,50-53H,3-32,34,36-43H2,1-2H3,(H,49,54)/b35-33+. The van der Waals surface area contributed by atoms with Crippen molar-refractivity contribution in [3.63, 3.8) is 0 Å². The molecule has 1 amide bonds. The minimum absolute atomic E-state index is 0.368. The lowest BCUT2D eigenvalue weighted by molar-refractivity contribution is -0.132. The van der Waals surface area contributed by atoms with Crippen molar-refractivity contribution >= 4 is 5.91 Å². The molecule has 0 spiro atoms. The number of carbonyl (C=O) groups is 1. The second-order valence-corrected chi connectivity index (χ2v) is 16.8. The van der Waals surface area contributed by atoms with Crippen molar-refractivity contribution in [3.05, 3.63) is 12.2 Å². The van der Waals surface area contributed by atoms with E-state index >= 15 is 0 Å². The van der Waals surface area contributed by atoms with Gasteiger partial charge in [-0.25, -0.2) is 0 Å². The number of unbranched alkanes of at least 4 members (excludes halogenated alkanes) is 33. The van der Waals surface area contributed by atoms with Crippen molar-refractivity contribution in [2.75, 3.05) is 6.61 Å². The molecule has 0 fully saturated rings. The minimum atomic E-state index is -1.28. The number of hydrogen-bond acceptors (Lipinski definition) is 5. The molecule has 6 nitrogen and oxygen atoms in total. The van der Waals surface area contributed by atoms with Gasteiger partial charge in [-0.3, -0.25) is 4.79 Å². The Morgan fingerprint density at radius 2 is 0.759 bits per heavy atom. The van der Waals surface area contributed by atoms with Crippen LogP contribution in [-0.2, 0) is 4.79 Å². The monoisotopic (exact) mass is 766 g/mol. The highest BCUT2D eigenvalue weighted by molar-refractivity contribution is 5.80. The average Bonchev–Trinajstić information content (AvgIpc) is 3.18. The summed E-state index contributed by atoms with van der Waals surface area (Å²) < 4.78 is 0. The third-order valence-corrected chi connectivity index (χ3v) is 11.5. The first-order valence-electron chi connectivity index (χ1n) is 24.1. The molecule has 0 heterocycles. The van der Waals surface area contributed by atoms with Gasteiger partial charge in [-0.15, -0.1) is 0 Å². The van der Waals surface area contributed by atoms with Crippen molar-refractivity contribution < 1.29 is 25.2 Å². The Bertz CT molecular complexity index is 776. The summed E-state index contributed by atoms with van der Waals surface area (Å²) in [5.41, 5.74) is 0. The van der Waals surface area contributed by atoms with E-state index in [9.17, 15) is 25.2 Å². The maximum atomic E-state index is 12.5. The third kappa shape index (κ3) is 36.7. The molecule has 0 rings (SSSR count). The Hall–Kier alpha value is -0.950. The molecule has 0 aliphatic heterocycles. The molecule has 4 unspecified atom stereocenters. The second kappa shape index (κ2) is 43.2. The second-order valence-electron chi connectivity index (χ2n) is 16.8. The summed E-state index contributed by atoms with van der Waals surface area (Å²) >= 11 is 0. The van der Waals surface area contributed by atoms with Crippen molar-refractivity contribution in [2.45, 2.75) is 282 Å². The zero-order valence-corrected chi connectivity index (χ0v) is 36.2. The van der Waals surface area contributed by atoms with Gasteiger partial charge in [0.2, 0.25) is 5.91 Å². The summed E-state index contributed by atoms with van der Waals surface area (Å²) in [6, 6.07) is -0.997. The SMILES string of the molecule is CCCCCCCCCC/C=C/CCCC(O)C(O)C(CO)NC(=O)C(O)CCCCCCCCCCCCCCCCCCCCCCCCCCC. The van der Waals surface area contributed by atoms with Gasteiger partial charge in [-0.2, -0.15) is 0 Å². The van der Waals surface area contributed by atoms with Crippen LogP contribution in [0.5, 0.6) is 0 Å². The van der Waals surface area contributed by atoms with Crippen LogP contribution >= 0.6 is 0 Å². The zero-order valence-electron chi connectivity index (χ0n) is 36.2. The molecular weight excluding hydrogens is 671 g/mol. The first kappa shape index (κ1) is 53.0. The van der Waals surface area contributed by atoms with Crippen LogP contribution in [0, 0.1) is 0 Å². The van der Waals surface area contributed by atoms with Gasteiger partial charge >= 0.3 is 0 Å². The van der Waals surface area contributed by atoms with Gasteiger partial charge < -0.3 is 25.7 Å². The number of hydrogen-bond donors (Lipinski definition) is 5. The summed E-state index contributed by atoms with van der Waals surface area (Å²) in [6.07, 6.45) is 48.4. The van der Waals surface area contributed by atoms with Crippen LogP contribution < -0.4 is 5.32 Å². The fraction of sp³-hybridized carbons (Fsp3) is 0.938. The van der Waals surface area contributed by atoms with E-state index in [1.165, 1.54) is 193 Å². The molecule has 0 aliphatic carbocycles. The maximum Gasteiger partial charge on any atom is 0.249 e. The Balaban J connectivity index is 3.63. The highest BCUT2D eigenvalue weighted by Gasteiger charge is 2.28. The van der Waals surface area contributed by atoms with Crippen molar-refractivity contribution in [1.29, 1.82) is 0 Å². The van der Waals surface area contributed by atoms with E-state index in [-0.39, 0.29) is 0 Å². The van der Waals surface area contributed by atoms with Gasteiger partial charge in [0.1, 0.15) is 12.2 Å². The number of aliphatic hydroxyl groups is 4. The minimum Gasteiger partial charge on any atom is -0.394 e. The van der Waals surface area contributed by atoms with Crippen molar-refractivity contribution in [3.8, 4) is 0 Å². The van der Waals surface area contributed by atoms with Gasteiger partial charge in [0, 0.05) is 0 Å². The van der Waals surface area contributed by atoms with Crippen LogP contribution in [-0.4, -0.2) is 57.3 Å². The molecule has 0 radical (unpaired) electrons. The molecule has 4 atom stereocenters. The molecule has 0 aromatic heterocycles. The topological polar surface area (TPSA) is 110 Å². The molecule has 322 valence electrons. The highest BCUT2D eigenvalue weighted by atomic mass is 16.3. The number of nitrogens with one attached hydrogen (secondary N) is 1. The lowest BCUT2D eigenvalue weighted by Crippen LogP contribution is -2.53. The molecular formula is C48H95NO5. The van der Waals surface area contributed by atoms with Crippen LogP contribution in [0.4, 0.5) is 0 Å². The van der Waals surface area contributed by atoms with Gasteiger partial charge in [-0.05, 0) is 38.5 Å². The third-order valence-electron chi connectivity index (χ3n) is 11.5. The quantitative estimate of drug-likeness (QED) is 0.0313. The number of allylic oxidation sites excluding steroid dienone is 2. The molecule has 5 N–H and O–H groups in total. The summed E-state index contributed by atoms with van der Waals surface area (Å²) in [4.78, 5) is 12.5. The fourth-order valence-corrected chi connectivity index (χ4v) is 7.64. The largest absolute Gasteiger partial charge is 0.394 e. The molecule has 54 heavy (non-hydrogen) atoms. The Labute approximate surface area is 336 Å².